The van der Waals surface area contributed by atoms with Gasteiger partial charge >= 0.3 is 6.09 Å². The number of rotatable bonds is 6. The summed E-state index contributed by atoms with van der Waals surface area (Å²) < 4.78 is 45.6. The summed E-state index contributed by atoms with van der Waals surface area (Å²) in [5.74, 6) is 0.998. The van der Waals surface area contributed by atoms with Gasteiger partial charge in [0.25, 0.3) is 10.0 Å². The molecule has 1 aliphatic rings. The van der Waals surface area contributed by atoms with Crippen LogP contribution in [0.2, 0.25) is 0 Å². The van der Waals surface area contributed by atoms with Crippen LogP contribution in [-0.2, 0) is 25.9 Å². The van der Waals surface area contributed by atoms with Gasteiger partial charge in [-0.1, -0.05) is 24.3 Å². The zero-order chi connectivity index (χ0) is 29.4. The van der Waals surface area contributed by atoms with Crippen molar-refractivity contribution < 1.29 is 27.4 Å². The smallest absolute Gasteiger partial charge is 0.410 e. The van der Waals surface area contributed by atoms with Crippen molar-refractivity contribution in [2.75, 3.05) is 13.7 Å². The number of benzene rings is 2. The monoisotopic (exact) mass is 575 g/mol. The van der Waals surface area contributed by atoms with E-state index in [1.807, 2.05) is 45.9 Å². The van der Waals surface area contributed by atoms with Gasteiger partial charge in [0.15, 0.2) is 5.65 Å². The van der Waals surface area contributed by atoms with E-state index >= 15 is 0 Å². The third-order valence-electron chi connectivity index (χ3n) is 6.82. The molecule has 214 valence electrons. The van der Waals surface area contributed by atoms with Gasteiger partial charge in [-0.3, -0.25) is 0 Å². The molecule has 0 saturated heterocycles. The van der Waals surface area contributed by atoms with Gasteiger partial charge in [-0.25, -0.2) is 22.2 Å². The average molecular weight is 576 g/mol. The predicted molar refractivity (Wildman–Crippen MR) is 156 cm³/mol. The molecular formula is C31H33N3O6S. The highest BCUT2D eigenvalue weighted by Crippen LogP contribution is 2.37. The minimum absolute atomic E-state index is 0.135. The first kappa shape index (κ1) is 28.2. The number of methoxy groups -OCH3 is 1. The number of aromatic nitrogens is 2. The molecule has 0 fully saturated rings. The third kappa shape index (κ3) is 5.65. The standard InChI is InChI=1S/C31H33N3O6S/c1-21-26-20-24(12-11-22(26)14-17-33(21)30(35)40-31(2,3)4)39-28-13-16-32-29-27(28)19-23(15-18-38-5)34(29)41(36,37)25-9-7-6-8-10-25/h6-13,15-16,18-21H,14,17H2,1-5H3/t21-/m0/s1. The molecule has 0 bridgehead atoms. The first-order chi connectivity index (χ1) is 19.5. The fraction of sp³-hybridized carbons (Fsp3) is 0.290. The Morgan fingerprint density at radius 2 is 1.83 bits per heavy atom. The first-order valence-corrected chi connectivity index (χ1v) is 14.7. The van der Waals surface area contributed by atoms with Crippen LogP contribution >= 0.6 is 0 Å². The summed E-state index contributed by atoms with van der Waals surface area (Å²) in [6.07, 6.45) is 4.85. The highest BCUT2D eigenvalue weighted by Gasteiger charge is 2.31. The number of nitrogens with zero attached hydrogens (tertiary/aromatic N) is 3. The number of carbonyl (C=O) groups is 1. The molecule has 2 aromatic carbocycles. The second kappa shape index (κ2) is 10.9. The summed E-state index contributed by atoms with van der Waals surface area (Å²) in [4.78, 5) is 19.1. The van der Waals surface area contributed by atoms with E-state index in [1.165, 1.54) is 23.5 Å². The second-order valence-electron chi connectivity index (χ2n) is 10.8. The minimum atomic E-state index is -3.98. The molecule has 4 aromatic rings. The van der Waals surface area contributed by atoms with Crippen LogP contribution in [0.25, 0.3) is 17.1 Å². The molecule has 0 unspecified atom stereocenters. The zero-order valence-electron chi connectivity index (χ0n) is 23.7. The van der Waals surface area contributed by atoms with E-state index in [-0.39, 0.29) is 22.7 Å². The Labute approximate surface area is 240 Å². The number of ether oxygens (including phenoxy) is 3. The number of pyridine rings is 1. The lowest BCUT2D eigenvalue weighted by atomic mass is 9.93. The summed E-state index contributed by atoms with van der Waals surface area (Å²) in [6.45, 7) is 8.09. The Morgan fingerprint density at radius 1 is 1.07 bits per heavy atom. The van der Waals surface area contributed by atoms with E-state index in [0.717, 1.165) is 11.1 Å². The van der Waals surface area contributed by atoms with Crippen LogP contribution in [0.4, 0.5) is 4.79 Å². The minimum Gasteiger partial charge on any atom is -0.504 e. The fourth-order valence-corrected chi connectivity index (χ4v) is 6.39. The van der Waals surface area contributed by atoms with Crippen LogP contribution in [0.3, 0.4) is 0 Å². The van der Waals surface area contributed by atoms with Gasteiger partial charge in [0.1, 0.15) is 17.1 Å². The van der Waals surface area contributed by atoms with E-state index in [4.69, 9.17) is 14.2 Å². The van der Waals surface area contributed by atoms with Crippen LogP contribution in [-0.4, -0.2) is 47.6 Å². The third-order valence-corrected chi connectivity index (χ3v) is 8.55. The average Bonchev–Trinajstić information content (AvgIpc) is 3.32. The normalized spacial score (nSPS) is 15.6. The molecule has 0 aliphatic carbocycles. The van der Waals surface area contributed by atoms with Gasteiger partial charge in [-0.2, -0.15) is 0 Å². The van der Waals surface area contributed by atoms with Crippen LogP contribution in [0.1, 0.15) is 50.6 Å². The Balaban J connectivity index is 1.53. The molecule has 0 N–H and O–H groups in total. The van der Waals surface area contributed by atoms with Crippen molar-refractivity contribution in [3.8, 4) is 11.5 Å². The highest BCUT2D eigenvalue weighted by molar-refractivity contribution is 7.90. The van der Waals surface area contributed by atoms with Crippen molar-refractivity contribution in [2.45, 2.75) is 50.7 Å². The molecular weight excluding hydrogens is 542 g/mol. The molecule has 1 aliphatic heterocycles. The molecule has 10 heteroatoms. The molecule has 0 spiro atoms. The van der Waals surface area contributed by atoms with Crippen LogP contribution in [0.15, 0.2) is 78.0 Å². The van der Waals surface area contributed by atoms with Gasteiger partial charge in [0, 0.05) is 12.7 Å². The van der Waals surface area contributed by atoms with Crippen molar-refractivity contribution >= 4 is 33.2 Å². The summed E-state index contributed by atoms with van der Waals surface area (Å²) >= 11 is 0. The Hall–Kier alpha value is -4.31. The zero-order valence-corrected chi connectivity index (χ0v) is 24.5. The Morgan fingerprint density at radius 3 is 2.54 bits per heavy atom. The lowest BCUT2D eigenvalue weighted by molar-refractivity contribution is 0.0159. The lowest BCUT2D eigenvalue weighted by Gasteiger charge is -2.36. The number of hydrogen-bond donors (Lipinski definition) is 0. The van der Waals surface area contributed by atoms with Crippen molar-refractivity contribution in [3.63, 3.8) is 0 Å². The SMILES string of the molecule is COC=Cc1cc2c(Oc3ccc4c(c3)[C@H](C)N(C(=O)OC(C)(C)C)CC4)ccnc2n1S(=O)(=O)c1ccccc1. The molecule has 5 rings (SSSR count). The molecule has 1 atom stereocenters. The predicted octanol–water partition coefficient (Wildman–Crippen LogP) is 6.54. The number of carbonyl (C=O) groups excluding carboxylic acids is 1. The summed E-state index contributed by atoms with van der Waals surface area (Å²) in [7, 11) is -2.49. The van der Waals surface area contributed by atoms with E-state index in [9.17, 15) is 13.2 Å². The topological polar surface area (TPSA) is 100.0 Å². The van der Waals surface area contributed by atoms with Crippen molar-refractivity contribution in [1.29, 1.82) is 0 Å². The van der Waals surface area contributed by atoms with Gasteiger partial charge in [-0.15, -0.1) is 0 Å². The van der Waals surface area contributed by atoms with E-state index in [1.54, 1.807) is 53.4 Å². The van der Waals surface area contributed by atoms with E-state index in [0.29, 0.717) is 35.5 Å². The van der Waals surface area contributed by atoms with Gasteiger partial charge in [-0.05, 0) is 87.7 Å². The quantitative estimate of drug-likeness (QED) is 0.241. The summed E-state index contributed by atoms with van der Waals surface area (Å²) in [5.41, 5.74) is 2.11. The Bertz CT molecular complexity index is 1720. The van der Waals surface area contributed by atoms with Crippen molar-refractivity contribution in [2.24, 2.45) is 0 Å². The lowest BCUT2D eigenvalue weighted by Crippen LogP contribution is -2.42. The number of amides is 1. The summed E-state index contributed by atoms with van der Waals surface area (Å²) in [6, 6.07) is 17.2. The molecule has 1 amide bonds. The largest absolute Gasteiger partial charge is 0.504 e. The van der Waals surface area contributed by atoms with Gasteiger partial charge in [0.05, 0.1) is 35.4 Å². The maximum Gasteiger partial charge on any atom is 0.410 e. The maximum atomic E-state index is 13.7. The van der Waals surface area contributed by atoms with Crippen molar-refractivity contribution in [1.82, 2.24) is 13.9 Å². The molecule has 41 heavy (non-hydrogen) atoms. The number of fused-ring (bicyclic) bond motifs is 2. The highest BCUT2D eigenvalue weighted by atomic mass is 32.2. The fourth-order valence-electron chi connectivity index (χ4n) is 4.92. The van der Waals surface area contributed by atoms with E-state index in [2.05, 4.69) is 4.98 Å². The second-order valence-corrected chi connectivity index (χ2v) is 12.6. The molecule has 0 saturated carbocycles. The van der Waals surface area contributed by atoms with Crippen molar-refractivity contribution in [3.05, 3.63) is 89.9 Å². The van der Waals surface area contributed by atoms with Crippen LogP contribution in [0.5, 0.6) is 11.5 Å². The molecule has 9 nitrogen and oxygen atoms in total. The molecule has 0 radical (unpaired) electrons. The van der Waals surface area contributed by atoms with Crippen LogP contribution < -0.4 is 4.74 Å². The van der Waals surface area contributed by atoms with E-state index < -0.39 is 15.6 Å². The maximum absolute atomic E-state index is 13.7. The van der Waals surface area contributed by atoms with Gasteiger partial charge < -0.3 is 19.1 Å². The first-order valence-electron chi connectivity index (χ1n) is 13.3. The van der Waals surface area contributed by atoms with Crippen LogP contribution in [0, 0.1) is 0 Å². The molecule has 3 heterocycles. The number of hydrogen-bond acceptors (Lipinski definition) is 7. The molecule has 2 aromatic heterocycles. The summed E-state index contributed by atoms with van der Waals surface area (Å²) in [5, 5.41) is 0.518. The van der Waals surface area contributed by atoms with Gasteiger partial charge in [0.2, 0.25) is 0 Å². The Kier molecular flexibility index (Phi) is 7.52.